The van der Waals surface area contributed by atoms with E-state index in [1.54, 1.807) is 0 Å². The Labute approximate surface area is 69.1 Å². The summed E-state index contributed by atoms with van der Waals surface area (Å²) < 4.78 is 0. The van der Waals surface area contributed by atoms with E-state index >= 15 is 0 Å². The van der Waals surface area contributed by atoms with Crippen LogP contribution < -0.4 is 0 Å². The van der Waals surface area contributed by atoms with Crippen molar-refractivity contribution < 1.29 is 5.11 Å². The minimum Gasteiger partial charge on any atom is -0.396 e. The minimum atomic E-state index is 0.322. The fourth-order valence-corrected chi connectivity index (χ4v) is 1.83. The number of rotatable bonds is 2. The smallest absolute Gasteiger partial charge is 0.0434 e. The lowest BCUT2D eigenvalue weighted by atomic mass is 9.76. The van der Waals surface area contributed by atoms with Gasteiger partial charge < -0.3 is 5.11 Å². The van der Waals surface area contributed by atoms with E-state index < -0.39 is 0 Å². The molecule has 1 atom stereocenters. The van der Waals surface area contributed by atoms with Crippen molar-refractivity contribution in [2.24, 2.45) is 11.3 Å². The van der Waals surface area contributed by atoms with Crippen molar-refractivity contribution in [1.29, 1.82) is 0 Å². The van der Waals surface area contributed by atoms with E-state index in [1.165, 1.54) is 5.57 Å². The Morgan fingerprint density at radius 2 is 2.27 bits per heavy atom. The molecule has 64 valence electrons. The summed E-state index contributed by atoms with van der Waals surface area (Å²) in [5.41, 5.74) is 1.80. The number of hydrogen-bond acceptors (Lipinski definition) is 1. The van der Waals surface area contributed by atoms with Crippen LogP contribution in [0.3, 0.4) is 0 Å². The maximum atomic E-state index is 8.82. The third-order valence-electron chi connectivity index (χ3n) is 3.22. The number of aliphatic hydroxyl groups excluding tert-OH is 1. The molecule has 1 aliphatic carbocycles. The van der Waals surface area contributed by atoms with Gasteiger partial charge in [-0.05, 0) is 31.1 Å². The molecular formula is C10H18O. The van der Waals surface area contributed by atoms with Crippen LogP contribution in [-0.2, 0) is 0 Å². The van der Waals surface area contributed by atoms with Crippen molar-refractivity contribution in [2.75, 3.05) is 6.61 Å². The monoisotopic (exact) mass is 154 g/mol. The number of aliphatic hydroxyl groups is 1. The van der Waals surface area contributed by atoms with Crippen LogP contribution in [0.25, 0.3) is 0 Å². The number of allylic oxidation sites excluding steroid dienone is 2. The topological polar surface area (TPSA) is 20.2 Å². The molecule has 0 aromatic heterocycles. The molecule has 0 fully saturated rings. The van der Waals surface area contributed by atoms with Crippen LogP contribution in [0.1, 0.15) is 33.6 Å². The molecule has 0 unspecified atom stereocenters. The summed E-state index contributed by atoms with van der Waals surface area (Å²) in [5, 5.41) is 8.82. The predicted octanol–water partition coefficient (Wildman–Crippen LogP) is 2.36. The zero-order chi connectivity index (χ0) is 8.48. The summed E-state index contributed by atoms with van der Waals surface area (Å²) in [7, 11) is 0. The molecule has 1 aliphatic rings. The highest BCUT2D eigenvalue weighted by Crippen LogP contribution is 2.44. The Balaban J connectivity index is 2.62. The molecule has 1 heteroatoms. The molecule has 0 bridgehead atoms. The van der Waals surface area contributed by atoms with Crippen LogP contribution in [0.15, 0.2) is 11.6 Å². The average molecular weight is 154 g/mol. The first-order valence-corrected chi connectivity index (χ1v) is 4.37. The van der Waals surface area contributed by atoms with Crippen LogP contribution >= 0.6 is 0 Å². The maximum Gasteiger partial charge on any atom is 0.0434 e. The van der Waals surface area contributed by atoms with Crippen molar-refractivity contribution >= 4 is 0 Å². The van der Waals surface area contributed by atoms with Crippen molar-refractivity contribution in [2.45, 2.75) is 33.6 Å². The third-order valence-corrected chi connectivity index (χ3v) is 3.22. The minimum absolute atomic E-state index is 0.322. The van der Waals surface area contributed by atoms with E-state index in [2.05, 4.69) is 26.8 Å². The van der Waals surface area contributed by atoms with E-state index in [1.807, 2.05) is 0 Å². The van der Waals surface area contributed by atoms with Gasteiger partial charge in [0, 0.05) is 6.61 Å². The molecule has 0 aliphatic heterocycles. The van der Waals surface area contributed by atoms with Crippen LogP contribution in [0.2, 0.25) is 0 Å². The van der Waals surface area contributed by atoms with Crippen molar-refractivity contribution in [1.82, 2.24) is 0 Å². The van der Waals surface area contributed by atoms with E-state index in [-0.39, 0.29) is 0 Å². The third kappa shape index (κ3) is 1.48. The van der Waals surface area contributed by atoms with Crippen LogP contribution in [0.4, 0.5) is 0 Å². The van der Waals surface area contributed by atoms with Gasteiger partial charge in [-0.1, -0.05) is 25.5 Å². The molecule has 0 saturated heterocycles. The summed E-state index contributed by atoms with van der Waals surface area (Å²) in [5.74, 6) is 0.660. The molecule has 11 heavy (non-hydrogen) atoms. The Bertz CT molecular complexity index is 168. The fourth-order valence-electron chi connectivity index (χ4n) is 1.83. The molecular weight excluding hydrogens is 136 g/mol. The lowest BCUT2D eigenvalue weighted by molar-refractivity contribution is 0.201. The van der Waals surface area contributed by atoms with Gasteiger partial charge in [-0.3, -0.25) is 0 Å². The normalized spacial score (nSPS) is 28.7. The first kappa shape index (κ1) is 8.79. The highest BCUT2D eigenvalue weighted by Gasteiger charge is 2.33. The largest absolute Gasteiger partial charge is 0.396 e. The van der Waals surface area contributed by atoms with Gasteiger partial charge >= 0.3 is 0 Å². The molecule has 0 heterocycles. The SMILES string of the molecule is CC1=CC[C@@H](CCO)C1(C)C. The second kappa shape index (κ2) is 2.98. The molecule has 0 spiro atoms. The molecule has 1 rings (SSSR count). The Morgan fingerprint density at radius 1 is 1.64 bits per heavy atom. The van der Waals surface area contributed by atoms with Gasteiger partial charge in [0.15, 0.2) is 0 Å². The van der Waals surface area contributed by atoms with Gasteiger partial charge in [-0.2, -0.15) is 0 Å². The van der Waals surface area contributed by atoms with E-state index in [0.29, 0.717) is 17.9 Å². The van der Waals surface area contributed by atoms with Crippen LogP contribution in [0.5, 0.6) is 0 Å². The standard InChI is InChI=1S/C10H18O/c1-8-4-5-9(6-7-11)10(8,2)3/h4,9,11H,5-7H2,1-3H3/t9-/m0/s1. The first-order valence-electron chi connectivity index (χ1n) is 4.37. The average Bonchev–Trinajstić information content (AvgIpc) is 2.16. The summed E-state index contributed by atoms with van der Waals surface area (Å²) in [6.07, 6.45) is 4.40. The summed E-state index contributed by atoms with van der Waals surface area (Å²) in [4.78, 5) is 0. The molecule has 1 nitrogen and oxygen atoms in total. The number of hydrogen-bond donors (Lipinski definition) is 1. The van der Waals surface area contributed by atoms with Gasteiger partial charge in [0.25, 0.3) is 0 Å². The Kier molecular flexibility index (Phi) is 2.38. The quantitative estimate of drug-likeness (QED) is 0.605. The van der Waals surface area contributed by atoms with Crippen LogP contribution in [-0.4, -0.2) is 11.7 Å². The predicted molar refractivity (Wildman–Crippen MR) is 47.3 cm³/mol. The summed E-state index contributed by atoms with van der Waals surface area (Å²) in [6.45, 7) is 7.06. The van der Waals surface area contributed by atoms with Gasteiger partial charge in [0.1, 0.15) is 0 Å². The fraction of sp³-hybridized carbons (Fsp3) is 0.800. The van der Waals surface area contributed by atoms with E-state index in [0.717, 1.165) is 12.8 Å². The zero-order valence-electron chi connectivity index (χ0n) is 7.72. The Hall–Kier alpha value is -0.300. The first-order chi connectivity index (χ1) is 5.09. The molecule has 0 amide bonds. The zero-order valence-corrected chi connectivity index (χ0v) is 7.72. The van der Waals surface area contributed by atoms with E-state index in [9.17, 15) is 0 Å². The molecule has 0 aromatic carbocycles. The highest BCUT2D eigenvalue weighted by molar-refractivity contribution is 5.17. The summed E-state index contributed by atoms with van der Waals surface area (Å²) >= 11 is 0. The van der Waals surface area contributed by atoms with Crippen molar-refractivity contribution in [3.05, 3.63) is 11.6 Å². The Morgan fingerprint density at radius 3 is 2.64 bits per heavy atom. The van der Waals surface area contributed by atoms with Gasteiger partial charge in [0.05, 0.1) is 0 Å². The molecule has 1 N–H and O–H groups in total. The van der Waals surface area contributed by atoms with Crippen LogP contribution in [0, 0.1) is 11.3 Å². The van der Waals surface area contributed by atoms with Crippen molar-refractivity contribution in [3.63, 3.8) is 0 Å². The van der Waals surface area contributed by atoms with Crippen molar-refractivity contribution in [3.8, 4) is 0 Å². The maximum absolute atomic E-state index is 8.82. The van der Waals surface area contributed by atoms with Gasteiger partial charge in [-0.25, -0.2) is 0 Å². The second-order valence-electron chi connectivity index (χ2n) is 4.05. The molecule has 0 radical (unpaired) electrons. The highest BCUT2D eigenvalue weighted by atomic mass is 16.3. The summed E-state index contributed by atoms with van der Waals surface area (Å²) in [6, 6.07) is 0. The van der Waals surface area contributed by atoms with E-state index in [4.69, 9.17) is 5.11 Å². The lowest BCUT2D eigenvalue weighted by Gasteiger charge is -2.29. The lowest BCUT2D eigenvalue weighted by Crippen LogP contribution is -2.21. The molecule has 0 aromatic rings. The molecule has 0 saturated carbocycles. The second-order valence-corrected chi connectivity index (χ2v) is 4.05. The van der Waals surface area contributed by atoms with Gasteiger partial charge in [0.2, 0.25) is 0 Å². The van der Waals surface area contributed by atoms with Gasteiger partial charge in [-0.15, -0.1) is 0 Å².